The molecule has 118 valence electrons. The van der Waals surface area contributed by atoms with Crippen LogP contribution >= 0.6 is 0 Å². The molecule has 0 aliphatic heterocycles. The average Bonchev–Trinajstić information content (AvgIpc) is 2.43. The van der Waals surface area contributed by atoms with E-state index in [4.69, 9.17) is 5.73 Å². The van der Waals surface area contributed by atoms with Crippen molar-refractivity contribution in [3.8, 4) is 0 Å². The van der Waals surface area contributed by atoms with Gasteiger partial charge < -0.3 is 11.1 Å². The van der Waals surface area contributed by atoms with E-state index in [9.17, 15) is 4.79 Å². The Morgan fingerprint density at radius 2 is 1.86 bits per heavy atom. The van der Waals surface area contributed by atoms with Crippen LogP contribution in [0.2, 0.25) is 0 Å². The second-order valence-electron chi connectivity index (χ2n) is 7.07. The molecule has 21 heavy (non-hydrogen) atoms. The van der Waals surface area contributed by atoms with E-state index in [1.165, 1.54) is 5.56 Å². The van der Waals surface area contributed by atoms with Gasteiger partial charge in [0.05, 0.1) is 6.04 Å². The largest absolute Gasteiger partial charge is 0.349 e. The highest BCUT2D eigenvalue weighted by Gasteiger charge is 2.23. The van der Waals surface area contributed by atoms with E-state index in [1.54, 1.807) is 0 Å². The van der Waals surface area contributed by atoms with Gasteiger partial charge in [-0.05, 0) is 36.8 Å². The minimum absolute atomic E-state index is 0.0136. The minimum atomic E-state index is 0.0136. The first-order valence-electron chi connectivity index (χ1n) is 7.89. The summed E-state index contributed by atoms with van der Waals surface area (Å²) < 4.78 is 0. The number of rotatable bonds is 7. The van der Waals surface area contributed by atoms with Crippen molar-refractivity contribution >= 4 is 5.91 Å². The zero-order chi connectivity index (χ0) is 15.9. The van der Waals surface area contributed by atoms with Crippen molar-refractivity contribution in [3.05, 3.63) is 35.9 Å². The Morgan fingerprint density at radius 3 is 2.38 bits per heavy atom. The Hall–Kier alpha value is -1.35. The van der Waals surface area contributed by atoms with Crippen LogP contribution in [0.25, 0.3) is 0 Å². The number of carbonyl (C=O) groups excluding carboxylic acids is 1. The van der Waals surface area contributed by atoms with Crippen LogP contribution in [0.3, 0.4) is 0 Å². The summed E-state index contributed by atoms with van der Waals surface area (Å²) in [6, 6.07) is 10.3. The number of amides is 1. The molecule has 0 bridgehead atoms. The highest BCUT2D eigenvalue weighted by Crippen LogP contribution is 2.29. The van der Waals surface area contributed by atoms with Gasteiger partial charge in [-0.2, -0.15) is 0 Å². The summed E-state index contributed by atoms with van der Waals surface area (Å²) in [4.78, 5) is 12.4. The molecule has 0 saturated heterocycles. The average molecular weight is 290 g/mol. The molecule has 1 aromatic rings. The topological polar surface area (TPSA) is 55.1 Å². The molecular formula is C18H30N2O. The van der Waals surface area contributed by atoms with Gasteiger partial charge in [0, 0.05) is 5.92 Å². The smallest absolute Gasteiger partial charge is 0.223 e. The van der Waals surface area contributed by atoms with Gasteiger partial charge in [-0.3, -0.25) is 4.79 Å². The zero-order valence-corrected chi connectivity index (χ0v) is 13.9. The van der Waals surface area contributed by atoms with Gasteiger partial charge in [0.1, 0.15) is 0 Å². The molecule has 0 saturated carbocycles. The predicted octanol–water partition coefficient (Wildman–Crippen LogP) is 3.66. The highest BCUT2D eigenvalue weighted by molar-refractivity contribution is 5.78. The number of hydrogen-bond acceptors (Lipinski definition) is 2. The fraction of sp³-hybridized carbons (Fsp3) is 0.611. The normalized spacial score (nSPS) is 14.5. The molecule has 0 spiro atoms. The molecular weight excluding hydrogens is 260 g/mol. The summed E-state index contributed by atoms with van der Waals surface area (Å²) in [5.41, 5.74) is 6.85. The number of hydrogen-bond donors (Lipinski definition) is 2. The first-order chi connectivity index (χ1) is 9.83. The summed E-state index contributed by atoms with van der Waals surface area (Å²) in [5, 5.41) is 3.22. The van der Waals surface area contributed by atoms with Gasteiger partial charge in [-0.15, -0.1) is 0 Å². The maximum Gasteiger partial charge on any atom is 0.223 e. The van der Waals surface area contributed by atoms with Crippen molar-refractivity contribution < 1.29 is 4.79 Å². The lowest BCUT2D eigenvalue weighted by atomic mass is 9.85. The minimum Gasteiger partial charge on any atom is -0.349 e. The quantitative estimate of drug-likeness (QED) is 0.805. The third-order valence-corrected chi connectivity index (χ3v) is 3.62. The van der Waals surface area contributed by atoms with Gasteiger partial charge in [0.15, 0.2) is 0 Å². The summed E-state index contributed by atoms with van der Waals surface area (Å²) >= 11 is 0. The van der Waals surface area contributed by atoms with Crippen molar-refractivity contribution in [2.45, 2.75) is 53.0 Å². The second-order valence-corrected chi connectivity index (χ2v) is 7.07. The first-order valence-corrected chi connectivity index (χ1v) is 7.89. The van der Waals surface area contributed by atoms with Crippen LogP contribution in [0.5, 0.6) is 0 Å². The SMILES string of the molecule is CC(CCCN)C(=O)NC(CC(C)(C)C)c1ccccc1. The maximum atomic E-state index is 12.4. The Kier molecular flexibility index (Phi) is 6.90. The summed E-state index contributed by atoms with van der Waals surface area (Å²) in [6.45, 7) is 9.22. The van der Waals surface area contributed by atoms with Crippen molar-refractivity contribution in [1.82, 2.24) is 5.32 Å². The van der Waals surface area contributed by atoms with Crippen LogP contribution in [-0.4, -0.2) is 12.5 Å². The lowest BCUT2D eigenvalue weighted by Crippen LogP contribution is -2.35. The van der Waals surface area contributed by atoms with Crippen molar-refractivity contribution in [3.63, 3.8) is 0 Å². The molecule has 0 aromatic heterocycles. The summed E-state index contributed by atoms with van der Waals surface area (Å²) in [7, 11) is 0. The number of nitrogens with one attached hydrogen (secondary N) is 1. The molecule has 3 nitrogen and oxygen atoms in total. The molecule has 0 heterocycles. The van der Waals surface area contributed by atoms with Gasteiger partial charge in [-0.25, -0.2) is 0 Å². The monoisotopic (exact) mass is 290 g/mol. The number of carbonyl (C=O) groups is 1. The van der Waals surface area contributed by atoms with Crippen LogP contribution in [0.4, 0.5) is 0 Å². The van der Waals surface area contributed by atoms with E-state index in [0.29, 0.717) is 6.54 Å². The fourth-order valence-electron chi connectivity index (χ4n) is 2.42. The number of nitrogens with two attached hydrogens (primary N) is 1. The highest BCUT2D eigenvalue weighted by atomic mass is 16.1. The second kappa shape index (κ2) is 8.18. The van der Waals surface area contributed by atoms with Gasteiger partial charge in [0.25, 0.3) is 0 Å². The molecule has 3 heteroatoms. The Morgan fingerprint density at radius 1 is 1.24 bits per heavy atom. The first kappa shape index (κ1) is 17.7. The summed E-state index contributed by atoms with van der Waals surface area (Å²) in [5.74, 6) is 0.140. The van der Waals surface area contributed by atoms with E-state index in [0.717, 1.165) is 19.3 Å². The molecule has 1 aromatic carbocycles. The fourth-order valence-corrected chi connectivity index (χ4v) is 2.42. The Labute approximate surface area is 129 Å². The Balaban J connectivity index is 2.76. The zero-order valence-electron chi connectivity index (χ0n) is 13.9. The standard InChI is InChI=1S/C18H30N2O/c1-14(9-8-12-19)17(21)20-16(13-18(2,3)4)15-10-6-5-7-11-15/h5-7,10-11,14,16H,8-9,12-13,19H2,1-4H3,(H,20,21). The Bertz CT molecular complexity index is 423. The van der Waals surface area contributed by atoms with E-state index in [-0.39, 0.29) is 23.3 Å². The molecule has 0 aliphatic carbocycles. The molecule has 0 fully saturated rings. The van der Waals surface area contributed by atoms with Crippen LogP contribution in [-0.2, 0) is 4.79 Å². The van der Waals surface area contributed by atoms with E-state index < -0.39 is 0 Å². The van der Waals surface area contributed by atoms with Crippen molar-refractivity contribution in [1.29, 1.82) is 0 Å². The summed E-state index contributed by atoms with van der Waals surface area (Å²) in [6.07, 6.45) is 2.66. The molecule has 1 amide bonds. The van der Waals surface area contributed by atoms with Gasteiger partial charge in [-0.1, -0.05) is 58.0 Å². The van der Waals surface area contributed by atoms with Crippen molar-refractivity contribution in [2.75, 3.05) is 6.54 Å². The molecule has 1 rings (SSSR count). The third-order valence-electron chi connectivity index (χ3n) is 3.62. The maximum absolute atomic E-state index is 12.4. The molecule has 0 radical (unpaired) electrons. The third kappa shape index (κ3) is 6.76. The van der Waals surface area contributed by atoms with E-state index >= 15 is 0 Å². The molecule has 0 aliphatic rings. The lowest BCUT2D eigenvalue weighted by molar-refractivity contribution is -0.125. The van der Waals surface area contributed by atoms with Crippen LogP contribution in [0.1, 0.15) is 58.6 Å². The molecule has 2 atom stereocenters. The lowest BCUT2D eigenvalue weighted by Gasteiger charge is -2.28. The number of benzene rings is 1. The van der Waals surface area contributed by atoms with Crippen LogP contribution < -0.4 is 11.1 Å². The van der Waals surface area contributed by atoms with Crippen LogP contribution in [0.15, 0.2) is 30.3 Å². The van der Waals surface area contributed by atoms with Crippen LogP contribution in [0, 0.1) is 11.3 Å². The van der Waals surface area contributed by atoms with Crippen molar-refractivity contribution in [2.24, 2.45) is 17.1 Å². The van der Waals surface area contributed by atoms with Gasteiger partial charge >= 0.3 is 0 Å². The van der Waals surface area contributed by atoms with Gasteiger partial charge in [0.2, 0.25) is 5.91 Å². The molecule has 2 unspecified atom stereocenters. The van der Waals surface area contributed by atoms with E-state index in [1.807, 2.05) is 25.1 Å². The predicted molar refractivity (Wildman–Crippen MR) is 88.9 cm³/mol. The van der Waals surface area contributed by atoms with E-state index in [2.05, 4.69) is 38.2 Å². The molecule has 3 N–H and O–H groups in total.